The molecule has 0 radical (unpaired) electrons. The predicted molar refractivity (Wildman–Crippen MR) is 85.7 cm³/mol. The van der Waals surface area contributed by atoms with Crippen LogP contribution in [0.25, 0.3) is 0 Å². The molecule has 110 valence electrons. The predicted octanol–water partition coefficient (Wildman–Crippen LogP) is 3.51. The fourth-order valence-corrected chi connectivity index (χ4v) is 2.25. The summed E-state index contributed by atoms with van der Waals surface area (Å²) in [4.78, 5) is 0. The molecule has 1 atom stereocenters. The van der Waals surface area contributed by atoms with Gasteiger partial charge < -0.3 is 10.2 Å². The standard InChI is InChI=1S/C16H30O2Si/c1-5-6-7-8-9-10-11-15(14-17)16(18)12-13-19(2,3)4/h11,16-18H,5-10,14H2,1-4H3/b15-11+. The summed E-state index contributed by atoms with van der Waals surface area (Å²) in [5, 5.41) is 19.2. The quantitative estimate of drug-likeness (QED) is 0.309. The lowest BCUT2D eigenvalue weighted by molar-refractivity contribution is 0.233. The summed E-state index contributed by atoms with van der Waals surface area (Å²) in [7, 11) is -1.46. The van der Waals surface area contributed by atoms with Gasteiger partial charge in [0.05, 0.1) is 6.61 Å². The van der Waals surface area contributed by atoms with E-state index in [0.29, 0.717) is 5.57 Å². The van der Waals surface area contributed by atoms with Crippen LogP contribution in [0.2, 0.25) is 19.6 Å². The number of aliphatic hydroxyl groups excluding tert-OH is 2. The van der Waals surface area contributed by atoms with Crippen LogP contribution in [0.1, 0.15) is 45.4 Å². The molecule has 19 heavy (non-hydrogen) atoms. The van der Waals surface area contributed by atoms with Crippen molar-refractivity contribution in [2.45, 2.75) is 71.2 Å². The molecule has 0 aromatic carbocycles. The van der Waals surface area contributed by atoms with E-state index in [-0.39, 0.29) is 6.61 Å². The van der Waals surface area contributed by atoms with Crippen molar-refractivity contribution in [2.75, 3.05) is 6.61 Å². The Labute approximate surface area is 119 Å². The smallest absolute Gasteiger partial charge is 0.137 e. The number of rotatable bonds is 8. The van der Waals surface area contributed by atoms with E-state index in [9.17, 15) is 10.2 Å². The Morgan fingerprint density at radius 2 is 1.79 bits per heavy atom. The van der Waals surface area contributed by atoms with Gasteiger partial charge in [-0.05, 0) is 18.4 Å². The van der Waals surface area contributed by atoms with Gasteiger partial charge in [-0.15, -0.1) is 5.54 Å². The van der Waals surface area contributed by atoms with Crippen LogP contribution in [0.5, 0.6) is 0 Å². The molecular formula is C16H30O2Si. The highest BCUT2D eigenvalue weighted by atomic mass is 28.3. The van der Waals surface area contributed by atoms with Crippen LogP contribution in [0.4, 0.5) is 0 Å². The molecule has 0 fully saturated rings. The van der Waals surface area contributed by atoms with E-state index < -0.39 is 14.2 Å². The van der Waals surface area contributed by atoms with Gasteiger partial charge in [0, 0.05) is 0 Å². The molecular weight excluding hydrogens is 252 g/mol. The first-order chi connectivity index (χ1) is 8.90. The van der Waals surface area contributed by atoms with E-state index in [4.69, 9.17) is 0 Å². The largest absolute Gasteiger partial charge is 0.392 e. The zero-order chi connectivity index (χ0) is 14.7. The molecule has 0 aliphatic heterocycles. The Morgan fingerprint density at radius 3 is 2.32 bits per heavy atom. The zero-order valence-electron chi connectivity index (χ0n) is 13.0. The summed E-state index contributed by atoms with van der Waals surface area (Å²) in [6, 6.07) is 0. The van der Waals surface area contributed by atoms with Crippen LogP contribution >= 0.6 is 0 Å². The first kappa shape index (κ1) is 18.4. The maximum atomic E-state index is 9.93. The van der Waals surface area contributed by atoms with Crippen molar-refractivity contribution >= 4 is 8.07 Å². The van der Waals surface area contributed by atoms with Crippen LogP contribution in [0.3, 0.4) is 0 Å². The zero-order valence-corrected chi connectivity index (χ0v) is 14.0. The van der Waals surface area contributed by atoms with Crippen molar-refractivity contribution in [1.82, 2.24) is 0 Å². The van der Waals surface area contributed by atoms with Gasteiger partial charge in [-0.2, -0.15) is 0 Å². The van der Waals surface area contributed by atoms with Gasteiger partial charge in [0.15, 0.2) is 0 Å². The third-order valence-corrected chi connectivity index (χ3v) is 3.73. The van der Waals surface area contributed by atoms with Crippen molar-refractivity contribution < 1.29 is 10.2 Å². The Kier molecular flexibility index (Phi) is 9.95. The lowest BCUT2D eigenvalue weighted by Crippen LogP contribution is -2.19. The number of allylic oxidation sites excluding steroid dienone is 1. The number of hydrogen-bond donors (Lipinski definition) is 2. The Bertz CT molecular complexity index is 318. The third kappa shape index (κ3) is 11.0. The first-order valence-electron chi connectivity index (χ1n) is 7.41. The molecule has 3 heteroatoms. The normalized spacial score (nSPS) is 13.9. The summed E-state index contributed by atoms with van der Waals surface area (Å²) < 4.78 is 0. The van der Waals surface area contributed by atoms with E-state index in [0.717, 1.165) is 12.8 Å². The summed E-state index contributed by atoms with van der Waals surface area (Å²) in [6.07, 6.45) is 8.24. The van der Waals surface area contributed by atoms with Crippen LogP contribution in [-0.2, 0) is 0 Å². The minimum Gasteiger partial charge on any atom is -0.392 e. The van der Waals surface area contributed by atoms with Crippen molar-refractivity contribution in [3.05, 3.63) is 11.6 Å². The molecule has 0 rings (SSSR count). The Morgan fingerprint density at radius 1 is 1.16 bits per heavy atom. The number of hydrogen-bond acceptors (Lipinski definition) is 2. The number of aliphatic hydroxyl groups is 2. The monoisotopic (exact) mass is 282 g/mol. The van der Waals surface area contributed by atoms with E-state index in [2.05, 4.69) is 38.0 Å². The maximum absolute atomic E-state index is 9.93. The second kappa shape index (κ2) is 10.3. The molecule has 0 aromatic heterocycles. The summed E-state index contributed by atoms with van der Waals surface area (Å²) in [6.45, 7) is 8.53. The van der Waals surface area contributed by atoms with Gasteiger partial charge >= 0.3 is 0 Å². The van der Waals surface area contributed by atoms with Crippen LogP contribution in [-0.4, -0.2) is 31.0 Å². The molecule has 0 amide bonds. The minimum atomic E-state index is -1.46. The third-order valence-electron chi connectivity index (χ3n) is 2.83. The average Bonchev–Trinajstić information content (AvgIpc) is 2.34. The second-order valence-electron chi connectivity index (χ2n) is 6.06. The van der Waals surface area contributed by atoms with E-state index in [1.165, 1.54) is 25.7 Å². The van der Waals surface area contributed by atoms with Gasteiger partial charge in [0.1, 0.15) is 14.2 Å². The van der Waals surface area contributed by atoms with Gasteiger partial charge in [-0.25, -0.2) is 0 Å². The maximum Gasteiger partial charge on any atom is 0.137 e. The molecule has 1 unspecified atom stereocenters. The Balaban J connectivity index is 4.19. The van der Waals surface area contributed by atoms with Gasteiger partial charge in [0.25, 0.3) is 0 Å². The van der Waals surface area contributed by atoms with Gasteiger partial charge in [0.2, 0.25) is 0 Å². The second-order valence-corrected chi connectivity index (χ2v) is 10.8. The topological polar surface area (TPSA) is 40.5 Å². The molecule has 0 aliphatic carbocycles. The van der Waals surface area contributed by atoms with Crippen LogP contribution in [0, 0.1) is 11.5 Å². The van der Waals surface area contributed by atoms with Crippen molar-refractivity contribution in [3.63, 3.8) is 0 Å². The van der Waals surface area contributed by atoms with Crippen LogP contribution < -0.4 is 0 Å². The molecule has 0 spiro atoms. The lowest BCUT2D eigenvalue weighted by Gasteiger charge is -2.09. The van der Waals surface area contributed by atoms with Gasteiger partial charge in [-0.3, -0.25) is 0 Å². The SMILES string of the molecule is CCCCCCC/C=C(\CO)C(O)C#C[Si](C)(C)C. The molecule has 2 nitrogen and oxygen atoms in total. The molecule has 0 bridgehead atoms. The first-order valence-corrected chi connectivity index (χ1v) is 10.9. The van der Waals surface area contributed by atoms with Crippen molar-refractivity contribution in [2.24, 2.45) is 0 Å². The fraction of sp³-hybridized carbons (Fsp3) is 0.750. The molecule has 0 aliphatic rings. The highest BCUT2D eigenvalue weighted by Crippen LogP contribution is 2.09. The molecule has 0 saturated heterocycles. The number of unbranched alkanes of at least 4 members (excludes halogenated alkanes) is 5. The van der Waals surface area contributed by atoms with E-state index in [1.54, 1.807) is 0 Å². The summed E-state index contributed by atoms with van der Waals surface area (Å²) in [5.41, 5.74) is 3.80. The van der Waals surface area contributed by atoms with Crippen molar-refractivity contribution in [3.8, 4) is 11.5 Å². The van der Waals surface area contributed by atoms with Crippen LogP contribution in [0.15, 0.2) is 11.6 Å². The fourth-order valence-electron chi connectivity index (χ4n) is 1.68. The van der Waals surface area contributed by atoms with E-state index in [1.807, 2.05) is 6.08 Å². The van der Waals surface area contributed by atoms with E-state index >= 15 is 0 Å². The average molecular weight is 282 g/mol. The molecule has 0 saturated carbocycles. The molecule has 0 heterocycles. The lowest BCUT2D eigenvalue weighted by atomic mass is 10.1. The Hall–Kier alpha value is -0.563. The highest BCUT2D eigenvalue weighted by molar-refractivity contribution is 6.83. The van der Waals surface area contributed by atoms with Gasteiger partial charge in [-0.1, -0.05) is 64.2 Å². The minimum absolute atomic E-state index is 0.101. The van der Waals surface area contributed by atoms with Crippen molar-refractivity contribution in [1.29, 1.82) is 0 Å². The molecule has 0 aromatic rings. The summed E-state index contributed by atoms with van der Waals surface area (Å²) >= 11 is 0. The molecule has 2 N–H and O–H groups in total. The summed E-state index contributed by atoms with van der Waals surface area (Å²) in [5.74, 6) is 2.87. The highest BCUT2D eigenvalue weighted by Gasteiger charge is 2.10.